The summed E-state index contributed by atoms with van der Waals surface area (Å²) in [6, 6.07) is 12.4. The van der Waals surface area contributed by atoms with Crippen molar-refractivity contribution in [3.63, 3.8) is 0 Å². The molecule has 0 aliphatic heterocycles. The molecule has 1 aromatic carbocycles. The zero-order chi connectivity index (χ0) is 16.7. The fourth-order valence-electron chi connectivity index (χ4n) is 2.08. The van der Waals surface area contributed by atoms with Crippen LogP contribution in [-0.4, -0.2) is 29.1 Å². The number of carbonyl (C=O) groups is 1. The molecule has 1 atom stereocenters. The molecule has 23 heavy (non-hydrogen) atoms. The molecule has 1 heterocycles. The Balaban J connectivity index is 1.90. The van der Waals surface area contributed by atoms with Gasteiger partial charge >= 0.3 is 0 Å². The summed E-state index contributed by atoms with van der Waals surface area (Å²) in [6.07, 6.45) is 1.99. The molecule has 1 unspecified atom stereocenters. The van der Waals surface area contributed by atoms with Crippen molar-refractivity contribution in [2.24, 2.45) is 5.92 Å². The number of carbonyl (C=O) groups excluding carboxylic acids is 1. The van der Waals surface area contributed by atoms with E-state index in [4.69, 9.17) is 16.9 Å². The van der Waals surface area contributed by atoms with E-state index < -0.39 is 0 Å². The molecule has 2 N–H and O–H groups in total. The third kappa shape index (κ3) is 5.06. The largest absolute Gasteiger partial charge is 0.396 e. The summed E-state index contributed by atoms with van der Waals surface area (Å²) in [5.41, 5.74) is 1.68. The summed E-state index contributed by atoms with van der Waals surface area (Å²) in [6.45, 7) is 0.295. The number of hydrogen-bond donors (Lipinski definition) is 2. The molecule has 1 amide bonds. The third-order valence-corrected chi connectivity index (χ3v) is 3.62. The molecule has 0 radical (unpaired) electrons. The molecule has 2 aromatic rings. The van der Waals surface area contributed by atoms with Crippen LogP contribution in [-0.2, 0) is 6.42 Å². The van der Waals surface area contributed by atoms with Gasteiger partial charge in [-0.25, -0.2) is 4.98 Å². The number of nitrogens with one attached hydrogen (secondary N) is 1. The van der Waals surface area contributed by atoms with E-state index in [9.17, 15) is 9.90 Å². The number of amides is 1. The van der Waals surface area contributed by atoms with E-state index in [0.29, 0.717) is 23.6 Å². The van der Waals surface area contributed by atoms with E-state index in [2.05, 4.69) is 10.3 Å². The number of aliphatic hydroxyl groups is 1. The summed E-state index contributed by atoms with van der Waals surface area (Å²) < 4.78 is 0. The second-order valence-corrected chi connectivity index (χ2v) is 5.57. The molecule has 0 fully saturated rings. The van der Waals surface area contributed by atoms with E-state index in [-0.39, 0.29) is 24.1 Å². The van der Waals surface area contributed by atoms with E-state index in [1.807, 2.05) is 18.2 Å². The quantitative estimate of drug-likeness (QED) is 0.850. The Morgan fingerprint density at radius 2 is 2.04 bits per heavy atom. The molecule has 0 bridgehead atoms. The molecule has 5 nitrogen and oxygen atoms in total. The molecular formula is C17H16ClN3O2. The van der Waals surface area contributed by atoms with Gasteiger partial charge in [0.25, 0.3) is 5.91 Å². The topological polar surface area (TPSA) is 86.0 Å². The van der Waals surface area contributed by atoms with Crippen LogP contribution >= 0.6 is 11.6 Å². The highest BCUT2D eigenvalue weighted by atomic mass is 35.5. The smallest absolute Gasteiger partial charge is 0.269 e. The van der Waals surface area contributed by atoms with E-state index in [1.54, 1.807) is 18.2 Å². The maximum atomic E-state index is 12.0. The standard InChI is InChI=1S/C17H16ClN3O2/c18-15-4-1-12(2-5-15)7-14(11-22)10-21-17(23)16-6-3-13(8-19)9-20-16/h1-6,9,14,22H,7,10-11H2,(H,21,23). The number of pyridine rings is 1. The van der Waals surface area contributed by atoms with Gasteiger partial charge in [0.05, 0.1) is 5.56 Å². The molecule has 6 heteroatoms. The lowest BCUT2D eigenvalue weighted by atomic mass is 10.00. The number of halogens is 1. The molecular weight excluding hydrogens is 314 g/mol. The van der Waals surface area contributed by atoms with Gasteiger partial charge in [-0.1, -0.05) is 23.7 Å². The van der Waals surface area contributed by atoms with Crippen LogP contribution in [0.25, 0.3) is 0 Å². The first-order chi connectivity index (χ1) is 11.1. The summed E-state index contributed by atoms with van der Waals surface area (Å²) in [7, 11) is 0. The van der Waals surface area contributed by atoms with E-state index in [0.717, 1.165) is 5.56 Å². The van der Waals surface area contributed by atoms with Gasteiger partial charge in [0, 0.05) is 30.3 Å². The fraction of sp³-hybridized carbons (Fsp3) is 0.235. The van der Waals surface area contributed by atoms with Gasteiger partial charge in [0.1, 0.15) is 11.8 Å². The predicted molar refractivity (Wildman–Crippen MR) is 87.0 cm³/mol. The van der Waals surface area contributed by atoms with Crippen molar-refractivity contribution in [3.8, 4) is 6.07 Å². The Labute approximate surface area is 139 Å². The van der Waals surface area contributed by atoms with Gasteiger partial charge in [-0.05, 0) is 36.2 Å². The second-order valence-electron chi connectivity index (χ2n) is 5.13. The molecule has 118 valence electrons. The van der Waals surface area contributed by atoms with Crippen LogP contribution in [0.2, 0.25) is 5.02 Å². The Morgan fingerprint density at radius 1 is 1.30 bits per heavy atom. The lowest BCUT2D eigenvalue weighted by Gasteiger charge is -2.15. The average Bonchev–Trinajstić information content (AvgIpc) is 2.60. The first kappa shape index (κ1) is 16.9. The van der Waals surface area contributed by atoms with Crippen molar-refractivity contribution >= 4 is 17.5 Å². The highest BCUT2D eigenvalue weighted by Crippen LogP contribution is 2.13. The molecule has 0 spiro atoms. The Morgan fingerprint density at radius 3 is 2.61 bits per heavy atom. The number of aromatic nitrogens is 1. The lowest BCUT2D eigenvalue weighted by Crippen LogP contribution is -2.32. The number of benzene rings is 1. The van der Waals surface area contributed by atoms with Crippen molar-refractivity contribution in [1.29, 1.82) is 5.26 Å². The van der Waals surface area contributed by atoms with Crippen LogP contribution in [0.5, 0.6) is 0 Å². The molecule has 0 aliphatic rings. The zero-order valence-electron chi connectivity index (χ0n) is 12.4. The van der Waals surface area contributed by atoms with Crippen LogP contribution in [0, 0.1) is 17.2 Å². The highest BCUT2D eigenvalue weighted by Gasteiger charge is 2.12. The van der Waals surface area contributed by atoms with Crippen molar-refractivity contribution < 1.29 is 9.90 Å². The highest BCUT2D eigenvalue weighted by molar-refractivity contribution is 6.30. The minimum atomic E-state index is -0.330. The first-order valence-electron chi connectivity index (χ1n) is 7.12. The summed E-state index contributed by atoms with van der Waals surface area (Å²) in [5.74, 6) is -0.428. The SMILES string of the molecule is N#Cc1ccc(C(=O)NCC(CO)Cc2ccc(Cl)cc2)nc1. The van der Waals surface area contributed by atoms with Crippen molar-refractivity contribution in [3.05, 3.63) is 64.4 Å². The maximum absolute atomic E-state index is 12.0. The number of rotatable bonds is 6. The van der Waals surface area contributed by atoms with Crippen LogP contribution in [0.3, 0.4) is 0 Å². The maximum Gasteiger partial charge on any atom is 0.269 e. The average molecular weight is 330 g/mol. The molecule has 0 saturated carbocycles. The predicted octanol–water partition coefficient (Wildman–Crippen LogP) is 2.19. The third-order valence-electron chi connectivity index (χ3n) is 3.37. The number of aliphatic hydroxyl groups excluding tert-OH is 1. The first-order valence-corrected chi connectivity index (χ1v) is 7.50. The van der Waals surface area contributed by atoms with Gasteiger partial charge in [0.15, 0.2) is 0 Å². The molecule has 0 saturated heterocycles. The Bertz CT molecular complexity index is 693. The normalized spacial score (nSPS) is 11.5. The number of nitrogens with zero attached hydrogens (tertiary/aromatic N) is 2. The van der Waals surface area contributed by atoms with E-state index in [1.165, 1.54) is 12.3 Å². The van der Waals surface area contributed by atoms with Gasteiger partial charge in [0.2, 0.25) is 0 Å². The molecule has 1 aromatic heterocycles. The number of hydrogen-bond acceptors (Lipinski definition) is 4. The molecule has 2 rings (SSSR count). The van der Waals surface area contributed by atoms with Gasteiger partial charge in [-0.15, -0.1) is 0 Å². The van der Waals surface area contributed by atoms with Crippen molar-refractivity contribution in [1.82, 2.24) is 10.3 Å². The number of nitriles is 1. The van der Waals surface area contributed by atoms with Crippen LogP contribution in [0.4, 0.5) is 0 Å². The van der Waals surface area contributed by atoms with Crippen LogP contribution < -0.4 is 5.32 Å². The minimum Gasteiger partial charge on any atom is -0.396 e. The summed E-state index contributed by atoms with van der Waals surface area (Å²) >= 11 is 5.84. The Hall–Kier alpha value is -2.42. The van der Waals surface area contributed by atoms with Crippen molar-refractivity contribution in [2.75, 3.05) is 13.2 Å². The van der Waals surface area contributed by atoms with Gasteiger partial charge in [-0.3, -0.25) is 4.79 Å². The Kier molecular flexibility index (Phi) is 6.10. The second kappa shape index (κ2) is 8.28. The van der Waals surface area contributed by atoms with Crippen molar-refractivity contribution in [2.45, 2.75) is 6.42 Å². The van der Waals surface area contributed by atoms with E-state index >= 15 is 0 Å². The summed E-state index contributed by atoms with van der Waals surface area (Å²) in [4.78, 5) is 15.9. The fourth-order valence-corrected chi connectivity index (χ4v) is 2.20. The van der Waals surface area contributed by atoms with Gasteiger partial charge < -0.3 is 10.4 Å². The zero-order valence-corrected chi connectivity index (χ0v) is 13.1. The summed E-state index contributed by atoms with van der Waals surface area (Å²) in [5, 5.41) is 21.6. The van der Waals surface area contributed by atoms with Crippen LogP contribution in [0.15, 0.2) is 42.6 Å². The monoisotopic (exact) mass is 329 g/mol. The lowest BCUT2D eigenvalue weighted by molar-refractivity contribution is 0.0935. The minimum absolute atomic E-state index is 0.0380. The molecule has 0 aliphatic carbocycles. The van der Waals surface area contributed by atoms with Crippen LogP contribution in [0.1, 0.15) is 21.6 Å². The van der Waals surface area contributed by atoms with Gasteiger partial charge in [-0.2, -0.15) is 5.26 Å².